The van der Waals surface area contributed by atoms with E-state index in [4.69, 9.17) is 11.6 Å². The van der Waals surface area contributed by atoms with Gasteiger partial charge in [0.25, 0.3) is 0 Å². The lowest BCUT2D eigenvalue weighted by molar-refractivity contribution is -0.139. The molecule has 6 rings (SSSR count). The van der Waals surface area contributed by atoms with Crippen LogP contribution < -0.4 is 5.32 Å². The molecule has 176 valence electrons. The predicted molar refractivity (Wildman–Crippen MR) is 131 cm³/mol. The van der Waals surface area contributed by atoms with Crippen molar-refractivity contribution in [1.29, 1.82) is 0 Å². The van der Waals surface area contributed by atoms with Crippen molar-refractivity contribution < 1.29 is 9.59 Å². The molecule has 3 saturated carbocycles. The summed E-state index contributed by atoms with van der Waals surface area (Å²) in [6, 6.07) is 7.97. The van der Waals surface area contributed by atoms with Gasteiger partial charge in [-0.05, 0) is 86.7 Å². The number of hydrogen-bond acceptors (Lipinski definition) is 2. The molecule has 5 aliphatic rings. The van der Waals surface area contributed by atoms with E-state index in [-0.39, 0.29) is 22.7 Å². The minimum Gasteiger partial charge on any atom is -0.325 e. The van der Waals surface area contributed by atoms with Crippen LogP contribution >= 0.6 is 11.6 Å². The van der Waals surface area contributed by atoms with Gasteiger partial charge >= 0.3 is 0 Å². The third-order valence-corrected chi connectivity index (χ3v) is 10.5. The van der Waals surface area contributed by atoms with E-state index in [2.05, 4.69) is 30.1 Å². The summed E-state index contributed by atoms with van der Waals surface area (Å²) in [7, 11) is 0. The summed E-state index contributed by atoms with van der Waals surface area (Å²) in [5.41, 5.74) is 2.21. The number of hydrogen-bond donors (Lipinski definition) is 1. The zero-order valence-corrected chi connectivity index (χ0v) is 20.5. The fraction of sp³-hybridized carbons (Fsp3) is 0.643. The molecular formula is C28H35ClN2O2. The van der Waals surface area contributed by atoms with Crippen molar-refractivity contribution in [2.75, 3.05) is 5.32 Å². The van der Waals surface area contributed by atoms with Crippen LogP contribution in [0.2, 0.25) is 5.02 Å². The number of nitrogens with zero attached hydrogens (tertiary/aromatic N) is 1. The van der Waals surface area contributed by atoms with E-state index in [1.54, 1.807) is 0 Å². The summed E-state index contributed by atoms with van der Waals surface area (Å²) < 4.78 is 0. The van der Waals surface area contributed by atoms with Crippen molar-refractivity contribution in [1.82, 2.24) is 4.90 Å². The van der Waals surface area contributed by atoms with E-state index >= 15 is 0 Å². The van der Waals surface area contributed by atoms with Gasteiger partial charge in [-0.25, -0.2) is 0 Å². The highest BCUT2D eigenvalue weighted by Crippen LogP contribution is 2.66. The first-order valence-corrected chi connectivity index (χ1v) is 13.3. The van der Waals surface area contributed by atoms with Gasteiger partial charge in [-0.15, -0.1) is 0 Å². The average Bonchev–Trinajstić information content (AvgIpc) is 3.56. The Bertz CT molecular complexity index is 1030. The summed E-state index contributed by atoms with van der Waals surface area (Å²) in [4.78, 5) is 28.4. The Morgan fingerprint density at radius 3 is 2.61 bits per heavy atom. The van der Waals surface area contributed by atoms with Gasteiger partial charge in [-0.1, -0.05) is 43.7 Å². The van der Waals surface area contributed by atoms with Crippen LogP contribution in [0.25, 0.3) is 0 Å². The number of halogens is 1. The van der Waals surface area contributed by atoms with Gasteiger partial charge in [0.1, 0.15) is 0 Å². The van der Waals surface area contributed by atoms with Crippen LogP contribution in [-0.2, 0) is 9.59 Å². The van der Waals surface area contributed by atoms with Crippen LogP contribution in [0, 0.1) is 34.5 Å². The molecule has 0 spiro atoms. The van der Waals surface area contributed by atoms with Crippen molar-refractivity contribution in [3.63, 3.8) is 0 Å². The number of carbonyl (C=O) groups is 2. The van der Waals surface area contributed by atoms with E-state index in [9.17, 15) is 9.59 Å². The van der Waals surface area contributed by atoms with E-state index < -0.39 is 0 Å². The topological polar surface area (TPSA) is 49.4 Å². The Hall–Kier alpha value is -1.81. The molecule has 33 heavy (non-hydrogen) atoms. The molecule has 4 fully saturated rings. The molecule has 0 radical (unpaired) electrons. The SMILES string of the molecule is C[C@]12CC[C@H]3[C@@H](CC=C4N(C5CC5)C(=O)CC[C@@]43C)[C@@H]1CC[C@@H]2C(=O)Nc1ccccc1Cl. The third kappa shape index (κ3) is 3.23. The molecule has 0 unspecified atom stereocenters. The van der Waals surface area contributed by atoms with Gasteiger partial charge in [0, 0.05) is 29.5 Å². The standard InChI is InChI=1S/C28H35ClN2O2/c1-27-15-13-20-18(9-12-24-28(20,2)16-14-25(32)31(24)17-7-8-17)19(27)10-11-21(27)26(33)30-23-6-4-3-5-22(23)29/h3-6,12,17-21H,7-11,13-16H2,1-2H3,(H,30,33)/t18-,19-,20-,21+,27-,28+/m0/s1. The molecule has 1 aliphatic heterocycles. The number of rotatable bonds is 3. The van der Waals surface area contributed by atoms with Crippen molar-refractivity contribution in [2.24, 2.45) is 34.5 Å². The minimum absolute atomic E-state index is 0.0359. The van der Waals surface area contributed by atoms with Crippen LogP contribution in [0.5, 0.6) is 0 Å². The van der Waals surface area contributed by atoms with Gasteiger partial charge in [-0.3, -0.25) is 9.59 Å². The average molecular weight is 467 g/mol. The molecule has 1 aromatic carbocycles. The second-order valence-corrected chi connectivity index (χ2v) is 12.2. The zero-order valence-electron chi connectivity index (χ0n) is 19.8. The number of para-hydroxylation sites is 1. The number of allylic oxidation sites excluding steroid dienone is 2. The van der Waals surface area contributed by atoms with Crippen LogP contribution in [-0.4, -0.2) is 22.8 Å². The van der Waals surface area contributed by atoms with Crippen LogP contribution in [0.3, 0.4) is 0 Å². The smallest absolute Gasteiger partial charge is 0.228 e. The molecule has 1 aromatic rings. The summed E-state index contributed by atoms with van der Waals surface area (Å²) in [6.45, 7) is 4.82. The molecule has 0 bridgehead atoms. The third-order valence-electron chi connectivity index (χ3n) is 10.2. The Balaban J connectivity index is 1.26. The molecule has 1 heterocycles. The summed E-state index contributed by atoms with van der Waals surface area (Å²) in [6.07, 6.45) is 11.8. The molecule has 1 N–H and O–H groups in total. The lowest BCUT2D eigenvalue weighted by Gasteiger charge is -2.58. The summed E-state index contributed by atoms with van der Waals surface area (Å²) in [5, 5.41) is 3.73. The first kappa shape index (κ1) is 21.7. The number of piperidine rings is 1. The summed E-state index contributed by atoms with van der Waals surface area (Å²) >= 11 is 6.32. The van der Waals surface area contributed by atoms with Gasteiger partial charge in [0.15, 0.2) is 0 Å². The van der Waals surface area contributed by atoms with Gasteiger partial charge < -0.3 is 10.2 Å². The second kappa shape index (κ2) is 7.60. The Kier molecular flexibility index (Phi) is 5.00. The number of carbonyl (C=O) groups excluding carboxylic acids is 2. The quantitative estimate of drug-likeness (QED) is 0.559. The molecule has 2 amide bonds. The van der Waals surface area contributed by atoms with Crippen LogP contribution in [0.4, 0.5) is 5.69 Å². The lowest BCUT2D eigenvalue weighted by atomic mass is 9.49. The Morgan fingerprint density at radius 1 is 1.06 bits per heavy atom. The maximum Gasteiger partial charge on any atom is 0.228 e. The second-order valence-electron chi connectivity index (χ2n) is 11.8. The Labute approximate surface area is 202 Å². The van der Waals surface area contributed by atoms with E-state index in [1.165, 1.54) is 5.70 Å². The van der Waals surface area contributed by atoms with Crippen molar-refractivity contribution in [3.05, 3.63) is 41.1 Å². The van der Waals surface area contributed by atoms with Crippen molar-refractivity contribution in [2.45, 2.75) is 77.7 Å². The highest BCUT2D eigenvalue weighted by molar-refractivity contribution is 6.33. The van der Waals surface area contributed by atoms with Crippen LogP contribution in [0.15, 0.2) is 36.0 Å². The number of fused-ring (bicyclic) bond motifs is 5. The Morgan fingerprint density at radius 2 is 1.85 bits per heavy atom. The zero-order chi connectivity index (χ0) is 23.0. The fourth-order valence-electron chi connectivity index (χ4n) is 8.33. The van der Waals surface area contributed by atoms with E-state index in [1.807, 2.05) is 24.3 Å². The lowest BCUT2D eigenvalue weighted by Crippen LogP contribution is -2.55. The van der Waals surface area contributed by atoms with Crippen molar-refractivity contribution in [3.8, 4) is 0 Å². The number of benzene rings is 1. The first-order chi connectivity index (χ1) is 15.8. The maximum absolute atomic E-state index is 13.4. The fourth-order valence-corrected chi connectivity index (χ4v) is 8.52. The molecule has 4 aliphatic carbocycles. The number of anilines is 1. The number of nitrogens with one attached hydrogen (secondary N) is 1. The normalized spacial score (nSPS) is 39.9. The molecule has 1 saturated heterocycles. The molecule has 4 nitrogen and oxygen atoms in total. The van der Waals surface area contributed by atoms with Gasteiger partial charge in [0.2, 0.25) is 11.8 Å². The molecule has 6 atom stereocenters. The van der Waals surface area contributed by atoms with Crippen LogP contribution in [0.1, 0.15) is 71.6 Å². The summed E-state index contributed by atoms with van der Waals surface area (Å²) in [5.74, 6) is 2.32. The molecule has 0 aromatic heterocycles. The van der Waals surface area contributed by atoms with Gasteiger partial charge in [0.05, 0.1) is 10.7 Å². The predicted octanol–water partition coefficient (Wildman–Crippen LogP) is 6.42. The minimum atomic E-state index is 0.0359. The number of likely N-dealkylation sites (tertiary alicyclic amines) is 1. The highest BCUT2D eigenvalue weighted by Gasteiger charge is 2.61. The van der Waals surface area contributed by atoms with E-state index in [0.29, 0.717) is 41.1 Å². The molecular weight excluding hydrogens is 432 g/mol. The first-order valence-electron chi connectivity index (χ1n) is 12.9. The van der Waals surface area contributed by atoms with E-state index in [0.717, 1.165) is 57.1 Å². The maximum atomic E-state index is 13.4. The monoisotopic (exact) mass is 466 g/mol. The van der Waals surface area contributed by atoms with Gasteiger partial charge in [-0.2, -0.15) is 0 Å². The number of amides is 2. The van der Waals surface area contributed by atoms with Crippen molar-refractivity contribution >= 4 is 29.1 Å². The highest BCUT2D eigenvalue weighted by atomic mass is 35.5. The molecule has 5 heteroatoms. The largest absolute Gasteiger partial charge is 0.325 e.